The molecule has 0 bridgehead atoms. The largest absolute Gasteiger partial charge is 0.355 e. The standard InChI is InChI=1S/C27H27ClN4O2S2/c1-16-11-17(2)14-30(13-16)24-20(25(33)31-10-6-7-18(3)23(31)29-24)12-22-26(34)32(27(35)36-22)15-19-8-4-5-9-21(19)28/h4-10,12,16-17H,11,13-15H2,1-3H3/b22-12+. The van der Waals surface area contributed by atoms with Crippen LogP contribution in [0.2, 0.25) is 5.02 Å². The van der Waals surface area contributed by atoms with Gasteiger partial charge in [-0.05, 0) is 54.5 Å². The minimum absolute atomic E-state index is 0.194. The van der Waals surface area contributed by atoms with Crippen LogP contribution in [0.15, 0.2) is 52.3 Å². The predicted octanol–water partition coefficient (Wildman–Crippen LogP) is 5.54. The number of carbonyl (C=O) groups is 1. The summed E-state index contributed by atoms with van der Waals surface area (Å²) in [5.41, 5.74) is 2.59. The number of pyridine rings is 1. The lowest BCUT2D eigenvalue weighted by Crippen LogP contribution is -2.40. The molecule has 36 heavy (non-hydrogen) atoms. The van der Waals surface area contributed by atoms with E-state index in [-0.39, 0.29) is 18.0 Å². The average molecular weight is 539 g/mol. The third kappa shape index (κ3) is 4.69. The topological polar surface area (TPSA) is 57.9 Å². The third-order valence-corrected chi connectivity index (χ3v) is 8.41. The minimum atomic E-state index is -0.231. The molecule has 6 nitrogen and oxygen atoms in total. The second-order valence-electron chi connectivity index (χ2n) is 9.75. The molecule has 0 aliphatic carbocycles. The van der Waals surface area contributed by atoms with Gasteiger partial charge in [-0.1, -0.05) is 73.7 Å². The number of thiocarbonyl (C=S) groups is 1. The maximum absolute atomic E-state index is 13.8. The summed E-state index contributed by atoms with van der Waals surface area (Å²) in [6, 6.07) is 11.2. The van der Waals surface area contributed by atoms with Crippen molar-refractivity contribution in [1.82, 2.24) is 14.3 Å². The van der Waals surface area contributed by atoms with E-state index in [1.807, 2.05) is 37.3 Å². The van der Waals surface area contributed by atoms with Gasteiger partial charge in [0, 0.05) is 24.3 Å². The lowest BCUT2D eigenvalue weighted by atomic mass is 9.91. The number of halogens is 1. The van der Waals surface area contributed by atoms with Gasteiger partial charge < -0.3 is 4.90 Å². The van der Waals surface area contributed by atoms with Crippen LogP contribution < -0.4 is 10.5 Å². The number of benzene rings is 1. The van der Waals surface area contributed by atoms with Crippen LogP contribution in [0.4, 0.5) is 5.82 Å². The fourth-order valence-electron chi connectivity index (χ4n) is 5.07. The first kappa shape index (κ1) is 25.0. The number of hydrogen-bond acceptors (Lipinski definition) is 6. The van der Waals surface area contributed by atoms with Crippen LogP contribution in [0.5, 0.6) is 0 Å². The zero-order valence-corrected chi connectivity index (χ0v) is 22.8. The number of aryl methyl sites for hydroxylation is 1. The SMILES string of the molecule is Cc1cccn2c(=O)c(/C=C3/SC(=S)N(Cc4ccccc4Cl)C3=O)c(N3CC(C)CC(C)C3)nc12. The van der Waals surface area contributed by atoms with E-state index in [4.69, 9.17) is 28.8 Å². The molecule has 2 atom stereocenters. The zero-order chi connectivity index (χ0) is 25.6. The number of thioether (sulfide) groups is 1. The molecule has 2 saturated heterocycles. The van der Waals surface area contributed by atoms with Crippen molar-refractivity contribution in [3.05, 3.63) is 79.6 Å². The van der Waals surface area contributed by atoms with Gasteiger partial charge in [0.1, 0.15) is 15.8 Å². The van der Waals surface area contributed by atoms with Gasteiger partial charge in [0.25, 0.3) is 11.5 Å². The highest BCUT2D eigenvalue weighted by atomic mass is 35.5. The normalized spacial score (nSPS) is 21.7. The second-order valence-corrected chi connectivity index (χ2v) is 11.8. The van der Waals surface area contributed by atoms with Crippen molar-refractivity contribution in [2.45, 2.75) is 33.7 Å². The Kier molecular flexibility index (Phi) is 6.94. The Labute approximate surface area is 225 Å². The quantitative estimate of drug-likeness (QED) is 0.321. The van der Waals surface area contributed by atoms with Crippen LogP contribution in [0.25, 0.3) is 11.7 Å². The molecule has 4 heterocycles. The van der Waals surface area contributed by atoms with Crippen LogP contribution in [0, 0.1) is 18.8 Å². The first-order chi connectivity index (χ1) is 17.2. The molecule has 2 unspecified atom stereocenters. The van der Waals surface area contributed by atoms with E-state index < -0.39 is 0 Å². The number of amides is 1. The van der Waals surface area contributed by atoms with Crippen LogP contribution in [0.1, 0.15) is 37.0 Å². The number of aromatic nitrogens is 2. The Hall–Kier alpha value is -2.68. The van der Waals surface area contributed by atoms with Crippen LogP contribution in [-0.4, -0.2) is 37.6 Å². The summed E-state index contributed by atoms with van der Waals surface area (Å²) in [7, 11) is 0. The third-order valence-electron chi connectivity index (χ3n) is 6.67. The smallest absolute Gasteiger partial charge is 0.267 e. The van der Waals surface area contributed by atoms with E-state index in [2.05, 4.69) is 18.7 Å². The molecule has 2 fully saturated rings. The molecular weight excluding hydrogens is 512 g/mol. The van der Waals surface area contributed by atoms with E-state index in [1.165, 1.54) is 16.7 Å². The van der Waals surface area contributed by atoms with E-state index in [0.29, 0.717) is 43.1 Å². The number of fused-ring (bicyclic) bond motifs is 1. The van der Waals surface area contributed by atoms with Gasteiger partial charge in [-0.25, -0.2) is 4.98 Å². The maximum atomic E-state index is 13.8. The average Bonchev–Trinajstić information content (AvgIpc) is 3.09. The van der Waals surface area contributed by atoms with E-state index in [9.17, 15) is 9.59 Å². The Morgan fingerprint density at radius 3 is 2.58 bits per heavy atom. The van der Waals surface area contributed by atoms with Crippen molar-refractivity contribution in [3.8, 4) is 0 Å². The molecule has 0 saturated carbocycles. The van der Waals surface area contributed by atoms with Crippen molar-refractivity contribution in [3.63, 3.8) is 0 Å². The molecular formula is C27H27ClN4O2S2. The molecule has 5 rings (SSSR count). The molecule has 186 valence electrons. The van der Waals surface area contributed by atoms with Crippen molar-refractivity contribution < 1.29 is 4.79 Å². The van der Waals surface area contributed by atoms with Crippen molar-refractivity contribution in [2.75, 3.05) is 18.0 Å². The number of rotatable bonds is 4. The highest BCUT2D eigenvalue weighted by Gasteiger charge is 2.34. The number of carbonyl (C=O) groups excluding carboxylic acids is 1. The summed E-state index contributed by atoms with van der Waals surface area (Å²) in [5.74, 6) is 1.36. The first-order valence-electron chi connectivity index (χ1n) is 12.0. The molecule has 0 spiro atoms. The van der Waals surface area contributed by atoms with Crippen molar-refractivity contribution in [1.29, 1.82) is 0 Å². The lowest BCUT2D eigenvalue weighted by molar-refractivity contribution is -0.122. The molecule has 2 aliphatic rings. The van der Waals surface area contributed by atoms with Gasteiger partial charge in [0.2, 0.25) is 0 Å². The summed E-state index contributed by atoms with van der Waals surface area (Å²) in [6.45, 7) is 8.30. The van der Waals surface area contributed by atoms with Crippen LogP contribution in [0.3, 0.4) is 0 Å². The number of anilines is 1. The number of nitrogens with zero attached hydrogens (tertiary/aromatic N) is 4. The molecule has 0 N–H and O–H groups in total. The highest BCUT2D eigenvalue weighted by molar-refractivity contribution is 8.26. The molecule has 1 aromatic carbocycles. The van der Waals surface area contributed by atoms with Gasteiger partial charge in [-0.15, -0.1) is 0 Å². The Balaban J connectivity index is 1.60. The summed E-state index contributed by atoms with van der Waals surface area (Å²) in [6.07, 6.45) is 4.54. The summed E-state index contributed by atoms with van der Waals surface area (Å²) < 4.78 is 2.00. The predicted molar refractivity (Wildman–Crippen MR) is 152 cm³/mol. The molecule has 0 radical (unpaired) electrons. The first-order valence-corrected chi connectivity index (χ1v) is 13.6. The van der Waals surface area contributed by atoms with Gasteiger partial charge >= 0.3 is 0 Å². The summed E-state index contributed by atoms with van der Waals surface area (Å²) in [4.78, 5) is 36.3. The summed E-state index contributed by atoms with van der Waals surface area (Å²) in [5, 5.41) is 0.582. The second kappa shape index (κ2) is 10.00. The Bertz CT molecular complexity index is 1460. The fourth-order valence-corrected chi connectivity index (χ4v) is 6.50. The monoisotopic (exact) mass is 538 g/mol. The van der Waals surface area contributed by atoms with Crippen LogP contribution in [-0.2, 0) is 11.3 Å². The van der Waals surface area contributed by atoms with Gasteiger partial charge in [-0.2, -0.15) is 0 Å². The van der Waals surface area contributed by atoms with Gasteiger partial charge in [0.05, 0.1) is 17.0 Å². The number of piperidine rings is 1. The summed E-state index contributed by atoms with van der Waals surface area (Å²) >= 11 is 13.1. The van der Waals surface area contributed by atoms with E-state index >= 15 is 0 Å². The lowest BCUT2D eigenvalue weighted by Gasteiger charge is -2.36. The fraction of sp³-hybridized carbons (Fsp3) is 0.333. The molecule has 3 aromatic rings. The van der Waals surface area contributed by atoms with Crippen LogP contribution >= 0.6 is 35.6 Å². The van der Waals surface area contributed by atoms with Crippen molar-refractivity contribution in [2.24, 2.45) is 11.8 Å². The zero-order valence-electron chi connectivity index (χ0n) is 20.4. The maximum Gasteiger partial charge on any atom is 0.267 e. The number of hydrogen-bond donors (Lipinski definition) is 0. The Morgan fingerprint density at radius 2 is 1.86 bits per heavy atom. The highest BCUT2D eigenvalue weighted by Crippen LogP contribution is 2.36. The van der Waals surface area contributed by atoms with E-state index in [1.54, 1.807) is 22.7 Å². The molecule has 2 aliphatic heterocycles. The van der Waals surface area contributed by atoms with E-state index in [0.717, 1.165) is 30.6 Å². The van der Waals surface area contributed by atoms with Gasteiger partial charge in [0.15, 0.2) is 0 Å². The Morgan fingerprint density at radius 1 is 1.14 bits per heavy atom. The molecule has 2 aromatic heterocycles. The van der Waals surface area contributed by atoms with Gasteiger partial charge in [-0.3, -0.25) is 18.9 Å². The molecule has 1 amide bonds. The molecule has 9 heteroatoms. The van der Waals surface area contributed by atoms with Crippen molar-refractivity contribution >= 4 is 63.3 Å². The minimum Gasteiger partial charge on any atom is -0.355 e.